The lowest BCUT2D eigenvalue weighted by atomic mass is 10.1. The Labute approximate surface area is 114 Å². The topological polar surface area (TPSA) is 92.4 Å². The van der Waals surface area contributed by atoms with Gasteiger partial charge in [-0.1, -0.05) is 17.3 Å². The van der Waals surface area contributed by atoms with E-state index in [9.17, 15) is 9.59 Å². The van der Waals surface area contributed by atoms with Crippen molar-refractivity contribution in [2.75, 3.05) is 0 Å². The lowest BCUT2D eigenvalue weighted by molar-refractivity contribution is -0.131. The van der Waals surface area contributed by atoms with Crippen LogP contribution in [-0.2, 0) is 11.3 Å². The van der Waals surface area contributed by atoms with Crippen molar-refractivity contribution in [3.05, 3.63) is 59.5 Å². The van der Waals surface area contributed by atoms with Crippen molar-refractivity contribution < 1.29 is 19.2 Å². The molecule has 1 amide bonds. The average molecular weight is 272 g/mol. The van der Waals surface area contributed by atoms with Crippen molar-refractivity contribution in [2.45, 2.75) is 6.54 Å². The molecule has 1 aromatic heterocycles. The molecular formula is C14H12N2O4. The van der Waals surface area contributed by atoms with Gasteiger partial charge in [0.15, 0.2) is 0 Å². The lowest BCUT2D eigenvalue weighted by Crippen LogP contribution is -2.22. The average Bonchev–Trinajstić information content (AvgIpc) is 2.96. The molecule has 0 unspecified atom stereocenters. The number of benzene rings is 1. The summed E-state index contributed by atoms with van der Waals surface area (Å²) in [7, 11) is 0. The number of hydrogen-bond acceptors (Lipinski definition) is 4. The van der Waals surface area contributed by atoms with Crippen LogP contribution in [0, 0.1) is 0 Å². The summed E-state index contributed by atoms with van der Waals surface area (Å²) in [6, 6.07) is 8.32. The Morgan fingerprint density at radius 3 is 2.90 bits per heavy atom. The summed E-state index contributed by atoms with van der Waals surface area (Å²) in [5.41, 5.74) is 1.71. The predicted octanol–water partition coefficient (Wildman–Crippen LogP) is 1.70. The third-order valence-corrected chi connectivity index (χ3v) is 2.49. The first kappa shape index (κ1) is 13.5. The van der Waals surface area contributed by atoms with Gasteiger partial charge >= 0.3 is 5.97 Å². The Bertz CT molecular complexity index is 632. The van der Waals surface area contributed by atoms with Crippen LogP contribution in [0.25, 0.3) is 6.08 Å². The second-order valence-corrected chi connectivity index (χ2v) is 3.97. The van der Waals surface area contributed by atoms with E-state index in [1.54, 1.807) is 30.3 Å². The van der Waals surface area contributed by atoms with E-state index < -0.39 is 5.97 Å². The highest BCUT2D eigenvalue weighted by molar-refractivity contribution is 5.95. The molecule has 0 aliphatic carbocycles. The number of nitrogens with one attached hydrogen (secondary N) is 1. The van der Waals surface area contributed by atoms with Gasteiger partial charge in [-0.15, -0.1) is 0 Å². The number of amides is 1. The zero-order valence-corrected chi connectivity index (χ0v) is 10.4. The van der Waals surface area contributed by atoms with Crippen molar-refractivity contribution in [2.24, 2.45) is 0 Å². The summed E-state index contributed by atoms with van der Waals surface area (Å²) in [5, 5.41) is 14.9. The van der Waals surface area contributed by atoms with Crippen molar-refractivity contribution >= 4 is 18.0 Å². The molecular weight excluding hydrogens is 260 g/mol. The number of carbonyl (C=O) groups is 2. The maximum absolute atomic E-state index is 11.9. The molecule has 1 heterocycles. The number of carboxylic acids is 1. The summed E-state index contributed by atoms with van der Waals surface area (Å²) < 4.78 is 4.66. The Kier molecular flexibility index (Phi) is 4.28. The van der Waals surface area contributed by atoms with E-state index in [0.717, 1.165) is 6.08 Å². The standard InChI is InChI=1S/C14H12N2O4/c17-13(18)5-4-10-2-1-3-11(8-10)14(19)15-9-12-6-7-20-16-12/h1-8H,9H2,(H,15,19)(H,17,18)/b5-4+. The Hall–Kier alpha value is -2.89. The molecule has 2 aromatic rings. The van der Waals surface area contributed by atoms with Gasteiger partial charge in [-0.3, -0.25) is 4.79 Å². The smallest absolute Gasteiger partial charge is 0.328 e. The monoisotopic (exact) mass is 272 g/mol. The zero-order chi connectivity index (χ0) is 14.4. The van der Waals surface area contributed by atoms with E-state index in [2.05, 4.69) is 15.0 Å². The van der Waals surface area contributed by atoms with Crippen LogP contribution in [0.1, 0.15) is 21.6 Å². The number of carbonyl (C=O) groups excluding carboxylic acids is 1. The first-order valence-electron chi connectivity index (χ1n) is 5.83. The number of aliphatic carboxylic acids is 1. The van der Waals surface area contributed by atoms with Crippen molar-refractivity contribution in [1.82, 2.24) is 10.5 Å². The minimum absolute atomic E-state index is 0.265. The van der Waals surface area contributed by atoms with Crippen LogP contribution >= 0.6 is 0 Å². The van der Waals surface area contributed by atoms with Crippen molar-refractivity contribution in [3.63, 3.8) is 0 Å². The number of hydrogen-bond donors (Lipinski definition) is 2. The molecule has 0 saturated carbocycles. The van der Waals surface area contributed by atoms with Crippen LogP contribution < -0.4 is 5.32 Å². The fourth-order valence-corrected chi connectivity index (χ4v) is 1.55. The number of aromatic nitrogens is 1. The zero-order valence-electron chi connectivity index (χ0n) is 10.4. The van der Waals surface area contributed by atoms with Crippen molar-refractivity contribution in [1.29, 1.82) is 0 Å². The molecule has 0 radical (unpaired) electrons. The summed E-state index contributed by atoms with van der Waals surface area (Å²) >= 11 is 0. The number of carboxylic acid groups (broad SMARTS) is 1. The maximum Gasteiger partial charge on any atom is 0.328 e. The molecule has 0 atom stereocenters. The quantitative estimate of drug-likeness (QED) is 0.808. The van der Waals surface area contributed by atoms with Crippen LogP contribution in [-0.4, -0.2) is 22.1 Å². The Morgan fingerprint density at radius 1 is 1.35 bits per heavy atom. The van der Waals surface area contributed by atoms with Gasteiger partial charge in [-0.2, -0.15) is 0 Å². The predicted molar refractivity (Wildman–Crippen MR) is 70.8 cm³/mol. The molecule has 6 heteroatoms. The van der Waals surface area contributed by atoms with Gasteiger partial charge in [0, 0.05) is 17.7 Å². The molecule has 2 rings (SSSR count). The second kappa shape index (κ2) is 6.33. The minimum Gasteiger partial charge on any atom is -0.478 e. The van der Waals surface area contributed by atoms with E-state index in [4.69, 9.17) is 5.11 Å². The first-order valence-corrected chi connectivity index (χ1v) is 5.83. The fourth-order valence-electron chi connectivity index (χ4n) is 1.55. The summed E-state index contributed by atoms with van der Waals surface area (Å²) in [5.74, 6) is -1.30. The molecule has 0 aliphatic rings. The van der Waals surface area contributed by atoms with Gasteiger partial charge in [-0.25, -0.2) is 4.79 Å². The van der Waals surface area contributed by atoms with Gasteiger partial charge in [0.25, 0.3) is 5.91 Å². The third kappa shape index (κ3) is 3.81. The molecule has 0 spiro atoms. The number of nitrogens with zero attached hydrogens (tertiary/aromatic N) is 1. The van der Waals surface area contributed by atoms with Crippen LogP contribution in [0.5, 0.6) is 0 Å². The SMILES string of the molecule is O=C(O)/C=C/c1cccc(C(=O)NCc2ccon2)c1. The van der Waals surface area contributed by atoms with Crippen LogP contribution in [0.3, 0.4) is 0 Å². The summed E-state index contributed by atoms with van der Waals surface area (Å²) in [6.45, 7) is 0.268. The van der Waals surface area contributed by atoms with Crippen LogP contribution in [0.4, 0.5) is 0 Å². The summed E-state index contributed by atoms with van der Waals surface area (Å²) in [6.07, 6.45) is 3.88. The molecule has 2 N–H and O–H groups in total. The first-order chi connectivity index (χ1) is 9.65. The van der Waals surface area contributed by atoms with E-state index >= 15 is 0 Å². The van der Waals surface area contributed by atoms with Crippen LogP contribution in [0.15, 0.2) is 47.2 Å². The van der Waals surface area contributed by atoms with Crippen molar-refractivity contribution in [3.8, 4) is 0 Å². The molecule has 6 nitrogen and oxygen atoms in total. The van der Waals surface area contributed by atoms with Gasteiger partial charge in [0.2, 0.25) is 0 Å². The van der Waals surface area contributed by atoms with Gasteiger partial charge in [0.05, 0.1) is 6.54 Å². The largest absolute Gasteiger partial charge is 0.478 e. The summed E-state index contributed by atoms with van der Waals surface area (Å²) in [4.78, 5) is 22.4. The molecule has 20 heavy (non-hydrogen) atoms. The molecule has 0 bridgehead atoms. The minimum atomic E-state index is -1.04. The van der Waals surface area contributed by atoms with Gasteiger partial charge in [-0.05, 0) is 23.8 Å². The molecule has 0 fully saturated rings. The van der Waals surface area contributed by atoms with E-state index in [0.29, 0.717) is 16.8 Å². The van der Waals surface area contributed by atoms with Crippen LogP contribution in [0.2, 0.25) is 0 Å². The van der Waals surface area contributed by atoms with E-state index in [1.807, 2.05) is 0 Å². The molecule has 102 valence electrons. The lowest BCUT2D eigenvalue weighted by Gasteiger charge is -2.03. The van der Waals surface area contributed by atoms with Gasteiger partial charge in [0.1, 0.15) is 12.0 Å². The van der Waals surface area contributed by atoms with E-state index in [-0.39, 0.29) is 12.5 Å². The fraction of sp³-hybridized carbons (Fsp3) is 0.0714. The van der Waals surface area contributed by atoms with Gasteiger partial charge < -0.3 is 14.9 Å². The highest BCUT2D eigenvalue weighted by Crippen LogP contribution is 2.07. The highest BCUT2D eigenvalue weighted by atomic mass is 16.5. The maximum atomic E-state index is 11.9. The Morgan fingerprint density at radius 2 is 2.20 bits per heavy atom. The normalized spacial score (nSPS) is 10.6. The highest BCUT2D eigenvalue weighted by Gasteiger charge is 2.06. The second-order valence-electron chi connectivity index (χ2n) is 3.97. The number of rotatable bonds is 5. The third-order valence-electron chi connectivity index (χ3n) is 2.49. The molecule has 1 aromatic carbocycles. The Balaban J connectivity index is 2.02. The molecule has 0 saturated heterocycles. The van der Waals surface area contributed by atoms with E-state index in [1.165, 1.54) is 12.3 Å². The molecule has 0 aliphatic heterocycles.